The molecule has 3 N–H and O–H groups in total. The predicted octanol–water partition coefficient (Wildman–Crippen LogP) is 4.75. The van der Waals surface area contributed by atoms with Crippen molar-refractivity contribution in [2.45, 2.75) is 50.5 Å². The van der Waals surface area contributed by atoms with E-state index in [4.69, 9.17) is 0 Å². The van der Waals surface area contributed by atoms with Crippen molar-refractivity contribution < 1.29 is 14.7 Å². The molecule has 4 rings (SSSR count). The van der Waals surface area contributed by atoms with E-state index in [1.807, 2.05) is 54.6 Å². The van der Waals surface area contributed by atoms with Crippen molar-refractivity contribution in [2.24, 2.45) is 0 Å². The van der Waals surface area contributed by atoms with Gasteiger partial charge in [0.15, 0.2) is 0 Å². The largest absolute Gasteiger partial charge is 0.511 e. The van der Waals surface area contributed by atoms with E-state index in [0.717, 1.165) is 5.56 Å². The van der Waals surface area contributed by atoms with Gasteiger partial charge < -0.3 is 15.7 Å². The molecule has 1 heterocycles. The van der Waals surface area contributed by atoms with Gasteiger partial charge in [0.05, 0.1) is 6.04 Å². The Hall–Kier alpha value is -3.08. The summed E-state index contributed by atoms with van der Waals surface area (Å²) in [5.74, 6) is -0.728. The molecule has 2 aromatic rings. The van der Waals surface area contributed by atoms with Crippen molar-refractivity contribution in [3.8, 4) is 0 Å². The second-order valence-corrected chi connectivity index (χ2v) is 7.87. The number of aliphatic hydroxyl groups excluding tert-OH is 1. The molecule has 29 heavy (non-hydrogen) atoms. The normalized spacial score (nSPS) is 20.3. The summed E-state index contributed by atoms with van der Waals surface area (Å²) < 4.78 is 0. The minimum atomic E-state index is -0.586. The SMILES string of the molecule is O=C(Nc1ccc(C2CCCCC2)cc1)C1=C(O)C[C@@H](c2ccccc2)NC1=O. The fourth-order valence-electron chi connectivity index (χ4n) is 4.30. The summed E-state index contributed by atoms with van der Waals surface area (Å²) in [6.07, 6.45) is 6.49. The molecule has 2 aliphatic rings. The molecule has 1 atom stereocenters. The summed E-state index contributed by atoms with van der Waals surface area (Å²) in [6.45, 7) is 0. The van der Waals surface area contributed by atoms with Crippen LogP contribution in [0.3, 0.4) is 0 Å². The number of aliphatic hydroxyl groups is 1. The average Bonchev–Trinajstić information content (AvgIpc) is 2.75. The summed E-state index contributed by atoms with van der Waals surface area (Å²) >= 11 is 0. The highest BCUT2D eigenvalue weighted by Crippen LogP contribution is 2.33. The quantitative estimate of drug-likeness (QED) is 0.660. The average molecular weight is 390 g/mol. The summed E-state index contributed by atoms with van der Waals surface area (Å²) in [6, 6.07) is 16.9. The van der Waals surface area contributed by atoms with E-state index in [2.05, 4.69) is 10.6 Å². The van der Waals surface area contributed by atoms with Crippen LogP contribution >= 0.6 is 0 Å². The van der Waals surface area contributed by atoms with Gasteiger partial charge in [-0.2, -0.15) is 0 Å². The highest BCUT2D eigenvalue weighted by molar-refractivity contribution is 6.23. The van der Waals surface area contributed by atoms with Crippen LogP contribution in [0.15, 0.2) is 65.9 Å². The molecule has 2 amide bonds. The second kappa shape index (κ2) is 8.52. The van der Waals surface area contributed by atoms with Crippen LogP contribution in [0.25, 0.3) is 0 Å². The van der Waals surface area contributed by atoms with E-state index >= 15 is 0 Å². The smallest absolute Gasteiger partial charge is 0.264 e. The third kappa shape index (κ3) is 4.34. The Morgan fingerprint density at radius 2 is 1.62 bits per heavy atom. The molecule has 5 nitrogen and oxygen atoms in total. The number of carbonyl (C=O) groups excluding carboxylic acids is 2. The first kappa shape index (κ1) is 19.2. The molecule has 1 aliphatic carbocycles. The zero-order valence-electron chi connectivity index (χ0n) is 16.4. The van der Waals surface area contributed by atoms with E-state index in [0.29, 0.717) is 11.6 Å². The molecular weight excluding hydrogens is 364 g/mol. The van der Waals surface area contributed by atoms with Gasteiger partial charge in [0.2, 0.25) is 0 Å². The molecule has 5 heteroatoms. The summed E-state index contributed by atoms with van der Waals surface area (Å²) in [5, 5.41) is 15.9. The predicted molar refractivity (Wildman–Crippen MR) is 112 cm³/mol. The molecule has 1 aliphatic heterocycles. The fraction of sp³-hybridized carbons (Fsp3) is 0.333. The van der Waals surface area contributed by atoms with Gasteiger partial charge in [-0.1, -0.05) is 61.7 Å². The molecule has 150 valence electrons. The van der Waals surface area contributed by atoms with E-state index < -0.39 is 11.8 Å². The van der Waals surface area contributed by atoms with Crippen LogP contribution in [-0.2, 0) is 9.59 Å². The van der Waals surface area contributed by atoms with Crippen molar-refractivity contribution in [1.82, 2.24) is 5.32 Å². The third-order valence-corrected chi connectivity index (χ3v) is 5.89. The van der Waals surface area contributed by atoms with Gasteiger partial charge in [-0.3, -0.25) is 9.59 Å². The Morgan fingerprint density at radius 3 is 2.28 bits per heavy atom. The van der Waals surface area contributed by atoms with Crippen LogP contribution in [0.2, 0.25) is 0 Å². The van der Waals surface area contributed by atoms with Crippen LogP contribution in [0.1, 0.15) is 61.6 Å². The van der Waals surface area contributed by atoms with Crippen LogP contribution in [0, 0.1) is 0 Å². The molecule has 0 spiro atoms. The lowest BCUT2D eigenvalue weighted by Gasteiger charge is -2.25. The van der Waals surface area contributed by atoms with Crippen LogP contribution in [0.5, 0.6) is 0 Å². The molecule has 2 aromatic carbocycles. The van der Waals surface area contributed by atoms with Gasteiger partial charge >= 0.3 is 0 Å². The number of anilines is 1. The summed E-state index contributed by atoms with van der Waals surface area (Å²) in [7, 11) is 0. The lowest BCUT2D eigenvalue weighted by Crippen LogP contribution is -2.39. The molecule has 0 saturated heterocycles. The first-order valence-corrected chi connectivity index (χ1v) is 10.3. The van der Waals surface area contributed by atoms with Crippen molar-refractivity contribution in [2.75, 3.05) is 5.32 Å². The van der Waals surface area contributed by atoms with Crippen molar-refractivity contribution >= 4 is 17.5 Å². The van der Waals surface area contributed by atoms with E-state index in [9.17, 15) is 14.7 Å². The van der Waals surface area contributed by atoms with Gasteiger partial charge in [-0.15, -0.1) is 0 Å². The van der Waals surface area contributed by atoms with Crippen molar-refractivity contribution in [1.29, 1.82) is 0 Å². The minimum Gasteiger partial charge on any atom is -0.511 e. The fourth-order valence-corrected chi connectivity index (χ4v) is 4.30. The Bertz CT molecular complexity index is 913. The molecule has 0 radical (unpaired) electrons. The lowest BCUT2D eigenvalue weighted by molar-refractivity contribution is -0.123. The highest BCUT2D eigenvalue weighted by Gasteiger charge is 2.32. The Balaban J connectivity index is 1.44. The van der Waals surface area contributed by atoms with Crippen molar-refractivity contribution in [3.05, 3.63) is 77.1 Å². The first-order valence-electron chi connectivity index (χ1n) is 10.3. The molecule has 1 fully saturated rings. The second-order valence-electron chi connectivity index (χ2n) is 7.87. The maximum atomic E-state index is 12.6. The van der Waals surface area contributed by atoms with E-state index in [1.165, 1.54) is 37.7 Å². The zero-order valence-corrected chi connectivity index (χ0v) is 16.4. The first-order chi connectivity index (χ1) is 14.1. The maximum absolute atomic E-state index is 12.6. The number of benzene rings is 2. The van der Waals surface area contributed by atoms with Gasteiger partial charge in [-0.25, -0.2) is 0 Å². The summed E-state index contributed by atoms with van der Waals surface area (Å²) in [5.41, 5.74) is 2.59. The standard InChI is InChI=1S/C24H26N2O3/c27-21-15-20(18-9-5-2-6-10-18)26-24(29)22(21)23(28)25-19-13-11-17(12-14-19)16-7-3-1-4-8-16/h2,5-6,9-14,16,20,27H,1,3-4,7-8,15H2,(H,25,28)(H,26,29)/t20-/m0/s1. The van der Waals surface area contributed by atoms with Gasteiger partial charge in [0, 0.05) is 12.1 Å². The molecule has 0 unspecified atom stereocenters. The zero-order chi connectivity index (χ0) is 20.2. The Labute approximate surface area is 170 Å². The lowest BCUT2D eigenvalue weighted by atomic mass is 9.84. The number of carbonyl (C=O) groups is 2. The molecule has 0 aromatic heterocycles. The maximum Gasteiger partial charge on any atom is 0.264 e. The van der Waals surface area contributed by atoms with Crippen LogP contribution in [0.4, 0.5) is 5.69 Å². The third-order valence-electron chi connectivity index (χ3n) is 5.89. The number of hydrogen-bond donors (Lipinski definition) is 3. The van der Waals surface area contributed by atoms with Gasteiger partial charge in [-0.05, 0) is 42.0 Å². The number of amides is 2. The molecular formula is C24H26N2O3. The highest BCUT2D eigenvalue weighted by atomic mass is 16.3. The van der Waals surface area contributed by atoms with E-state index in [1.54, 1.807) is 0 Å². The Morgan fingerprint density at radius 1 is 0.931 bits per heavy atom. The number of nitrogens with one attached hydrogen (secondary N) is 2. The monoisotopic (exact) mass is 390 g/mol. The van der Waals surface area contributed by atoms with E-state index in [-0.39, 0.29) is 23.8 Å². The number of rotatable bonds is 4. The van der Waals surface area contributed by atoms with Crippen molar-refractivity contribution in [3.63, 3.8) is 0 Å². The van der Waals surface area contributed by atoms with Crippen LogP contribution < -0.4 is 10.6 Å². The molecule has 1 saturated carbocycles. The number of hydrogen-bond acceptors (Lipinski definition) is 3. The van der Waals surface area contributed by atoms with Gasteiger partial charge in [0.1, 0.15) is 11.3 Å². The van der Waals surface area contributed by atoms with Crippen LogP contribution in [-0.4, -0.2) is 16.9 Å². The molecule has 0 bridgehead atoms. The topological polar surface area (TPSA) is 78.4 Å². The minimum absolute atomic E-state index is 0.182. The van der Waals surface area contributed by atoms with Gasteiger partial charge in [0.25, 0.3) is 11.8 Å². The summed E-state index contributed by atoms with van der Waals surface area (Å²) in [4.78, 5) is 25.1. The Kier molecular flexibility index (Phi) is 5.65.